The Hall–Kier alpha value is -1.79. The number of benzene rings is 1. The predicted molar refractivity (Wildman–Crippen MR) is 80.7 cm³/mol. The number of halogens is 1. The normalized spacial score (nSPS) is 12.1. The van der Waals surface area contributed by atoms with Crippen molar-refractivity contribution in [3.8, 4) is 0 Å². The van der Waals surface area contributed by atoms with Gasteiger partial charge in [-0.05, 0) is 32.2 Å². The lowest BCUT2D eigenvalue weighted by molar-refractivity contribution is -0.124. The molecule has 1 rings (SSSR count). The molecular formula is C13H19ClN4O2. The van der Waals surface area contributed by atoms with Crippen LogP contribution in [0.2, 0.25) is 5.02 Å². The summed E-state index contributed by atoms with van der Waals surface area (Å²) in [6, 6.07) is 4.39. The molecule has 0 aliphatic carbocycles. The molecule has 1 unspecified atom stereocenters. The van der Waals surface area contributed by atoms with Crippen LogP contribution >= 0.6 is 11.6 Å². The maximum absolute atomic E-state index is 12.1. The van der Waals surface area contributed by atoms with Crippen LogP contribution in [0.1, 0.15) is 6.92 Å². The smallest absolute Gasteiger partial charge is 0.241 e. The van der Waals surface area contributed by atoms with Gasteiger partial charge in [-0.2, -0.15) is 0 Å². The monoisotopic (exact) mass is 298 g/mol. The molecule has 4 N–H and O–H groups in total. The van der Waals surface area contributed by atoms with Gasteiger partial charge in [0.25, 0.3) is 0 Å². The molecule has 0 radical (unpaired) electrons. The van der Waals surface area contributed by atoms with Crippen LogP contribution < -0.4 is 16.4 Å². The Bertz CT molecular complexity index is 507. The van der Waals surface area contributed by atoms with Gasteiger partial charge in [0.05, 0.1) is 23.3 Å². The van der Waals surface area contributed by atoms with E-state index in [1.807, 2.05) is 0 Å². The molecule has 0 aliphatic rings. The number of anilines is 2. The molecule has 110 valence electrons. The molecule has 1 atom stereocenters. The summed E-state index contributed by atoms with van der Waals surface area (Å²) in [5, 5.41) is 5.59. The van der Waals surface area contributed by atoms with Gasteiger partial charge in [-0.3, -0.25) is 14.5 Å². The molecule has 0 spiro atoms. The molecule has 1 aromatic rings. The van der Waals surface area contributed by atoms with Crippen LogP contribution in [0.3, 0.4) is 0 Å². The number of likely N-dealkylation sites (N-methyl/N-ethyl adjacent to an activating group) is 2. The van der Waals surface area contributed by atoms with Gasteiger partial charge in [0.2, 0.25) is 11.8 Å². The zero-order valence-corrected chi connectivity index (χ0v) is 12.5. The minimum atomic E-state index is -0.471. The third-order valence-corrected chi connectivity index (χ3v) is 3.28. The second-order valence-electron chi connectivity index (χ2n) is 4.49. The number of hydrogen-bond donors (Lipinski definition) is 3. The first-order valence-electron chi connectivity index (χ1n) is 6.12. The fourth-order valence-electron chi connectivity index (χ4n) is 1.51. The molecule has 6 nitrogen and oxygen atoms in total. The van der Waals surface area contributed by atoms with Gasteiger partial charge in [0.1, 0.15) is 0 Å². The van der Waals surface area contributed by atoms with E-state index in [2.05, 4.69) is 10.6 Å². The lowest BCUT2D eigenvalue weighted by Gasteiger charge is -2.23. The average Bonchev–Trinajstić information content (AvgIpc) is 2.40. The fourth-order valence-corrected chi connectivity index (χ4v) is 1.75. The standard InChI is InChI=1S/C13H19ClN4O2/c1-8(18(3)7-12(19)16-2)13(20)17-11-5-4-9(15)6-10(11)14/h4-6,8H,7,15H2,1-3H3,(H,16,19)(H,17,20). The van der Waals surface area contributed by atoms with E-state index >= 15 is 0 Å². The zero-order chi connectivity index (χ0) is 15.3. The highest BCUT2D eigenvalue weighted by molar-refractivity contribution is 6.34. The van der Waals surface area contributed by atoms with E-state index in [9.17, 15) is 9.59 Å². The van der Waals surface area contributed by atoms with E-state index in [1.54, 1.807) is 44.1 Å². The van der Waals surface area contributed by atoms with Crippen LogP contribution in [-0.4, -0.2) is 43.4 Å². The van der Waals surface area contributed by atoms with Gasteiger partial charge < -0.3 is 16.4 Å². The third kappa shape index (κ3) is 4.40. The van der Waals surface area contributed by atoms with Gasteiger partial charge in [0, 0.05) is 12.7 Å². The molecule has 0 aromatic heterocycles. The van der Waals surface area contributed by atoms with Crippen LogP contribution in [0.4, 0.5) is 11.4 Å². The summed E-state index contributed by atoms with van der Waals surface area (Å²) in [5.74, 6) is -0.402. The molecule has 20 heavy (non-hydrogen) atoms. The van der Waals surface area contributed by atoms with Crippen LogP contribution in [0.5, 0.6) is 0 Å². The average molecular weight is 299 g/mol. The molecular weight excluding hydrogens is 280 g/mol. The van der Waals surface area contributed by atoms with E-state index in [4.69, 9.17) is 17.3 Å². The van der Waals surface area contributed by atoms with Gasteiger partial charge >= 0.3 is 0 Å². The van der Waals surface area contributed by atoms with Crippen molar-refractivity contribution in [2.75, 3.05) is 31.7 Å². The molecule has 0 bridgehead atoms. The summed E-state index contributed by atoms with van der Waals surface area (Å²) in [4.78, 5) is 25.0. The Balaban J connectivity index is 2.67. The molecule has 0 saturated carbocycles. The molecule has 0 saturated heterocycles. The summed E-state index contributed by atoms with van der Waals surface area (Å²) < 4.78 is 0. The van der Waals surface area contributed by atoms with Crippen molar-refractivity contribution in [3.05, 3.63) is 23.2 Å². The lowest BCUT2D eigenvalue weighted by Crippen LogP contribution is -2.44. The highest BCUT2D eigenvalue weighted by Crippen LogP contribution is 2.24. The second kappa shape index (κ2) is 7.12. The number of nitrogens with one attached hydrogen (secondary N) is 2. The Morgan fingerprint density at radius 1 is 1.45 bits per heavy atom. The Labute approximate surface area is 123 Å². The number of rotatable bonds is 5. The molecule has 0 aliphatic heterocycles. The molecule has 7 heteroatoms. The SMILES string of the molecule is CNC(=O)CN(C)C(C)C(=O)Nc1ccc(N)cc1Cl. The first-order valence-corrected chi connectivity index (χ1v) is 6.49. The number of hydrogen-bond acceptors (Lipinski definition) is 4. The molecule has 2 amide bonds. The Kier molecular flexibility index (Phi) is 5.79. The van der Waals surface area contributed by atoms with Crippen molar-refractivity contribution in [1.82, 2.24) is 10.2 Å². The highest BCUT2D eigenvalue weighted by Gasteiger charge is 2.20. The summed E-state index contributed by atoms with van der Waals surface area (Å²) in [7, 11) is 3.25. The number of amides is 2. The van der Waals surface area contributed by atoms with Gasteiger partial charge in [-0.15, -0.1) is 0 Å². The number of nitrogens with two attached hydrogens (primary N) is 1. The minimum absolute atomic E-state index is 0.139. The van der Waals surface area contributed by atoms with E-state index in [1.165, 1.54) is 0 Å². The maximum Gasteiger partial charge on any atom is 0.241 e. The third-order valence-electron chi connectivity index (χ3n) is 2.96. The number of nitrogens with zero attached hydrogens (tertiary/aromatic N) is 1. The van der Waals surface area contributed by atoms with Crippen molar-refractivity contribution >= 4 is 34.8 Å². The van der Waals surface area contributed by atoms with Crippen molar-refractivity contribution in [1.29, 1.82) is 0 Å². The predicted octanol–water partition coefficient (Wildman–Crippen LogP) is 0.927. The minimum Gasteiger partial charge on any atom is -0.399 e. The van der Waals surface area contributed by atoms with Crippen molar-refractivity contribution in [2.24, 2.45) is 0 Å². The van der Waals surface area contributed by atoms with E-state index in [-0.39, 0.29) is 18.4 Å². The summed E-state index contributed by atoms with van der Waals surface area (Å²) >= 11 is 5.99. The van der Waals surface area contributed by atoms with Crippen molar-refractivity contribution in [2.45, 2.75) is 13.0 Å². The largest absolute Gasteiger partial charge is 0.399 e. The van der Waals surface area contributed by atoms with E-state index in [0.29, 0.717) is 16.4 Å². The molecule has 0 fully saturated rings. The number of carbonyl (C=O) groups is 2. The summed E-state index contributed by atoms with van der Waals surface area (Å²) in [6.45, 7) is 1.85. The van der Waals surface area contributed by atoms with Crippen molar-refractivity contribution < 1.29 is 9.59 Å². The summed E-state index contributed by atoms with van der Waals surface area (Å²) in [6.07, 6.45) is 0. The van der Waals surface area contributed by atoms with Crippen LogP contribution in [-0.2, 0) is 9.59 Å². The second-order valence-corrected chi connectivity index (χ2v) is 4.90. The Morgan fingerprint density at radius 3 is 2.65 bits per heavy atom. The molecule has 0 heterocycles. The quantitative estimate of drug-likeness (QED) is 0.706. The molecule has 1 aromatic carbocycles. The van der Waals surface area contributed by atoms with Gasteiger partial charge in [-0.25, -0.2) is 0 Å². The van der Waals surface area contributed by atoms with E-state index in [0.717, 1.165) is 0 Å². The topological polar surface area (TPSA) is 87.5 Å². The Morgan fingerprint density at radius 2 is 2.10 bits per heavy atom. The fraction of sp³-hybridized carbons (Fsp3) is 0.385. The number of carbonyl (C=O) groups excluding carboxylic acids is 2. The van der Waals surface area contributed by atoms with Crippen LogP contribution in [0.15, 0.2) is 18.2 Å². The van der Waals surface area contributed by atoms with Gasteiger partial charge in [-0.1, -0.05) is 11.6 Å². The van der Waals surface area contributed by atoms with Gasteiger partial charge in [0.15, 0.2) is 0 Å². The lowest BCUT2D eigenvalue weighted by atomic mass is 10.2. The zero-order valence-electron chi connectivity index (χ0n) is 11.7. The van der Waals surface area contributed by atoms with Crippen molar-refractivity contribution in [3.63, 3.8) is 0 Å². The first kappa shape index (κ1) is 16.3. The maximum atomic E-state index is 12.1. The summed E-state index contributed by atoms with van der Waals surface area (Å²) in [5.41, 5.74) is 6.60. The number of nitrogen functional groups attached to an aromatic ring is 1. The van der Waals surface area contributed by atoms with Crippen LogP contribution in [0, 0.1) is 0 Å². The first-order chi connectivity index (χ1) is 9.35. The highest BCUT2D eigenvalue weighted by atomic mass is 35.5. The van der Waals surface area contributed by atoms with Crippen LogP contribution in [0.25, 0.3) is 0 Å². The van der Waals surface area contributed by atoms with E-state index < -0.39 is 6.04 Å².